The largest absolute Gasteiger partial charge is 0.431 e. The third kappa shape index (κ3) is 0.804. The van der Waals surface area contributed by atoms with Crippen LogP contribution in [0.25, 0.3) is 0 Å². The molecule has 0 amide bonds. The highest BCUT2D eigenvalue weighted by Gasteiger charge is 1.95. The molecule has 0 spiro atoms. The van der Waals surface area contributed by atoms with Gasteiger partial charge >= 0.3 is 0 Å². The Balaban J connectivity index is 2.77. The van der Waals surface area contributed by atoms with E-state index in [0.717, 1.165) is 0 Å². The molecule has 1 rings (SSSR count). The van der Waals surface area contributed by atoms with Crippen molar-refractivity contribution in [2.45, 2.75) is 0 Å². The number of rotatable bonds is 1. The lowest BCUT2D eigenvalue weighted by Crippen LogP contribution is -2.08. The fourth-order valence-corrected chi connectivity index (χ4v) is 0.392. The molecular weight excluding hydrogens is 104 g/mol. The van der Waals surface area contributed by atoms with E-state index in [1.54, 1.807) is 4.90 Å². The van der Waals surface area contributed by atoms with E-state index in [-0.39, 0.29) is 0 Å². The molecule has 1 aromatic rings. The number of oxazole rings is 1. The standard InChI is InChI=1S/C5H7N2O/c1-7(2)5-6-3-4-8-5/h4H,1-2H3. The SMILES string of the molecule is CN(C)c1n[c]co1. The molecule has 0 aliphatic heterocycles. The van der Waals surface area contributed by atoms with Crippen LogP contribution in [0, 0.1) is 6.20 Å². The number of aromatic nitrogens is 1. The number of anilines is 1. The minimum absolute atomic E-state index is 0.588. The smallest absolute Gasteiger partial charge is 0.297 e. The van der Waals surface area contributed by atoms with Crippen molar-refractivity contribution in [1.82, 2.24) is 4.98 Å². The summed E-state index contributed by atoms with van der Waals surface area (Å²) in [6, 6.07) is 0.588. The minimum Gasteiger partial charge on any atom is -0.431 e. The molecule has 0 bridgehead atoms. The van der Waals surface area contributed by atoms with Gasteiger partial charge in [0.05, 0.1) is 0 Å². The zero-order chi connectivity index (χ0) is 5.98. The Morgan fingerprint density at radius 3 is 2.75 bits per heavy atom. The Hall–Kier alpha value is -0.990. The van der Waals surface area contributed by atoms with Crippen molar-refractivity contribution >= 4 is 6.01 Å². The second-order valence-electron chi connectivity index (χ2n) is 1.65. The Morgan fingerprint density at radius 1 is 1.75 bits per heavy atom. The topological polar surface area (TPSA) is 29.3 Å². The van der Waals surface area contributed by atoms with Crippen molar-refractivity contribution in [3.05, 3.63) is 12.5 Å². The van der Waals surface area contributed by atoms with E-state index >= 15 is 0 Å². The van der Waals surface area contributed by atoms with Crippen LogP contribution in [0.4, 0.5) is 6.01 Å². The van der Waals surface area contributed by atoms with E-state index in [2.05, 4.69) is 11.2 Å². The molecule has 0 aromatic carbocycles. The van der Waals surface area contributed by atoms with Crippen molar-refractivity contribution < 1.29 is 4.42 Å². The van der Waals surface area contributed by atoms with Gasteiger partial charge in [0, 0.05) is 14.1 Å². The van der Waals surface area contributed by atoms with E-state index in [0.29, 0.717) is 6.01 Å². The van der Waals surface area contributed by atoms with Gasteiger partial charge in [-0.25, -0.2) is 0 Å². The van der Waals surface area contributed by atoms with Gasteiger partial charge in [-0.15, -0.1) is 0 Å². The first kappa shape index (κ1) is 5.15. The van der Waals surface area contributed by atoms with Crippen molar-refractivity contribution in [1.29, 1.82) is 0 Å². The first-order chi connectivity index (χ1) is 3.80. The summed E-state index contributed by atoms with van der Waals surface area (Å²) < 4.78 is 4.85. The molecule has 1 heterocycles. The molecule has 0 saturated heterocycles. The summed E-state index contributed by atoms with van der Waals surface area (Å²) >= 11 is 0. The molecule has 0 saturated carbocycles. The average molecular weight is 111 g/mol. The summed E-state index contributed by atoms with van der Waals surface area (Å²) in [6.45, 7) is 0. The summed E-state index contributed by atoms with van der Waals surface area (Å²) in [5.41, 5.74) is 0. The minimum atomic E-state index is 0.588. The molecule has 0 fully saturated rings. The van der Waals surface area contributed by atoms with Gasteiger partial charge in [-0.3, -0.25) is 0 Å². The van der Waals surface area contributed by atoms with Gasteiger partial charge in [-0.05, 0) is 0 Å². The van der Waals surface area contributed by atoms with Gasteiger partial charge in [0.15, 0.2) is 0 Å². The summed E-state index contributed by atoms with van der Waals surface area (Å²) in [6.07, 6.45) is 3.98. The van der Waals surface area contributed by atoms with E-state index in [9.17, 15) is 0 Å². The zero-order valence-electron chi connectivity index (χ0n) is 4.88. The van der Waals surface area contributed by atoms with Gasteiger partial charge in [-0.2, -0.15) is 4.98 Å². The number of hydrogen-bond acceptors (Lipinski definition) is 3. The Morgan fingerprint density at radius 2 is 2.50 bits per heavy atom. The maximum atomic E-state index is 4.85. The van der Waals surface area contributed by atoms with E-state index in [1.807, 2.05) is 14.1 Å². The average Bonchev–Trinajstić information content (AvgIpc) is 2.12. The predicted molar refractivity (Wildman–Crippen MR) is 29.7 cm³/mol. The van der Waals surface area contributed by atoms with Crippen LogP contribution in [0.15, 0.2) is 10.7 Å². The lowest BCUT2D eigenvalue weighted by Gasteiger charge is -2.02. The molecule has 8 heavy (non-hydrogen) atoms. The lowest BCUT2D eigenvalue weighted by atomic mass is 10.9. The molecule has 0 aliphatic carbocycles. The maximum Gasteiger partial charge on any atom is 0.297 e. The fraction of sp³-hybridized carbons (Fsp3) is 0.400. The van der Waals surface area contributed by atoms with Gasteiger partial charge < -0.3 is 9.32 Å². The van der Waals surface area contributed by atoms with E-state index < -0.39 is 0 Å². The highest BCUT2D eigenvalue weighted by Crippen LogP contribution is 2.02. The van der Waals surface area contributed by atoms with Gasteiger partial charge in [0.1, 0.15) is 12.5 Å². The quantitative estimate of drug-likeness (QED) is 0.529. The Bertz CT molecular complexity index is 145. The fourth-order valence-electron chi connectivity index (χ4n) is 0.392. The van der Waals surface area contributed by atoms with E-state index in [4.69, 9.17) is 4.42 Å². The van der Waals surface area contributed by atoms with E-state index in [1.165, 1.54) is 6.26 Å². The molecule has 3 nitrogen and oxygen atoms in total. The van der Waals surface area contributed by atoms with Crippen LogP contribution in [0.1, 0.15) is 0 Å². The monoisotopic (exact) mass is 111 g/mol. The molecular formula is C5H7N2O. The second kappa shape index (κ2) is 1.86. The van der Waals surface area contributed by atoms with Crippen LogP contribution in [0.3, 0.4) is 0 Å². The van der Waals surface area contributed by atoms with Crippen LogP contribution in [-0.4, -0.2) is 19.1 Å². The van der Waals surface area contributed by atoms with Crippen molar-refractivity contribution in [2.24, 2.45) is 0 Å². The zero-order valence-corrected chi connectivity index (χ0v) is 4.88. The van der Waals surface area contributed by atoms with Crippen molar-refractivity contribution in [3.63, 3.8) is 0 Å². The van der Waals surface area contributed by atoms with Crippen LogP contribution in [0.5, 0.6) is 0 Å². The Labute approximate surface area is 47.9 Å². The van der Waals surface area contributed by atoms with Gasteiger partial charge in [-0.1, -0.05) is 0 Å². The lowest BCUT2D eigenvalue weighted by molar-refractivity contribution is 0.556. The Kier molecular flexibility index (Phi) is 1.20. The van der Waals surface area contributed by atoms with Gasteiger partial charge in [0.25, 0.3) is 6.01 Å². The summed E-state index contributed by atoms with van der Waals surface area (Å²) in [5, 5.41) is 0. The van der Waals surface area contributed by atoms with Crippen LogP contribution in [-0.2, 0) is 0 Å². The highest BCUT2D eigenvalue weighted by molar-refractivity contribution is 5.19. The predicted octanol–water partition coefficient (Wildman–Crippen LogP) is 0.541. The third-order valence-electron chi connectivity index (χ3n) is 0.760. The first-order valence-corrected chi connectivity index (χ1v) is 2.29. The summed E-state index contributed by atoms with van der Waals surface area (Å²) in [5.74, 6) is 0. The maximum absolute atomic E-state index is 4.85. The molecule has 0 aliphatic rings. The van der Waals surface area contributed by atoms with Crippen LogP contribution in [0.2, 0.25) is 0 Å². The van der Waals surface area contributed by atoms with Crippen molar-refractivity contribution in [2.75, 3.05) is 19.0 Å². The normalized spacial score (nSPS) is 9.25. The van der Waals surface area contributed by atoms with Gasteiger partial charge in [0.2, 0.25) is 0 Å². The highest BCUT2D eigenvalue weighted by atomic mass is 16.4. The molecule has 1 aromatic heterocycles. The van der Waals surface area contributed by atoms with Crippen molar-refractivity contribution in [3.8, 4) is 0 Å². The number of nitrogens with zero attached hydrogens (tertiary/aromatic N) is 2. The van der Waals surface area contributed by atoms with Crippen LogP contribution < -0.4 is 4.90 Å². The number of hydrogen-bond donors (Lipinski definition) is 0. The molecule has 0 atom stereocenters. The summed E-state index contributed by atoms with van der Waals surface area (Å²) in [7, 11) is 3.72. The second-order valence-corrected chi connectivity index (χ2v) is 1.65. The molecule has 0 N–H and O–H groups in total. The third-order valence-corrected chi connectivity index (χ3v) is 0.760. The first-order valence-electron chi connectivity index (χ1n) is 2.29. The summed E-state index contributed by atoms with van der Waals surface area (Å²) in [4.78, 5) is 5.52. The molecule has 1 radical (unpaired) electrons. The molecule has 0 unspecified atom stereocenters. The van der Waals surface area contributed by atoms with Crippen LogP contribution >= 0.6 is 0 Å². The molecule has 3 heteroatoms. The molecule has 43 valence electrons.